The van der Waals surface area contributed by atoms with Crippen molar-refractivity contribution in [2.24, 2.45) is 0 Å². The molecule has 1 aromatic heterocycles. The molecule has 0 unspecified atom stereocenters. The Morgan fingerprint density at radius 2 is 2.05 bits per heavy atom. The van der Waals surface area contributed by atoms with Crippen LogP contribution in [0, 0.1) is 0 Å². The van der Waals surface area contributed by atoms with Crippen LogP contribution in [0.1, 0.15) is 4.88 Å². The van der Waals surface area contributed by atoms with E-state index < -0.39 is 0 Å². The van der Waals surface area contributed by atoms with Crippen molar-refractivity contribution in [3.05, 3.63) is 21.3 Å². The van der Waals surface area contributed by atoms with E-state index in [1.54, 1.807) is 18.4 Å². The minimum Gasteiger partial charge on any atom is -0.382 e. The van der Waals surface area contributed by atoms with Gasteiger partial charge < -0.3 is 14.4 Å². The van der Waals surface area contributed by atoms with Gasteiger partial charge in [-0.3, -0.25) is 9.69 Å². The summed E-state index contributed by atoms with van der Waals surface area (Å²) in [6.07, 6.45) is 0. The third-order valence-electron chi connectivity index (χ3n) is 3.39. The number of rotatable bonds is 7. The molecule has 0 radical (unpaired) electrons. The van der Waals surface area contributed by atoms with Crippen LogP contribution in [0.2, 0.25) is 4.34 Å². The Morgan fingerprint density at radius 3 is 2.67 bits per heavy atom. The molecule has 1 amide bonds. The highest BCUT2D eigenvalue weighted by Crippen LogP contribution is 2.23. The first-order valence-electron chi connectivity index (χ1n) is 7.00. The largest absolute Gasteiger partial charge is 0.382 e. The molecule has 5 nitrogen and oxygen atoms in total. The Labute approximate surface area is 134 Å². The standard InChI is InChI=1S/C14H21ClN2O3S/c1-19-8-9-20-11-14(18)17-6-4-16(5-7-17)10-12-2-3-13(15)21-12/h2-3H,4-11H2,1H3. The summed E-state index contributed by atoms with van der Waals surface area (Å²) in [5, 5.41) is 0. The molecule has 1 fully saturated rings. The minimum atomic E-state index is 0.0601. The molecule has 0 aliphatic carbocycles. The summed E-state index contributed by atoms with van der Waals surface area (Å²) in [6, 6.07) is 3.99. The summed E-state index contributed by atoms with van der Waals surface area (Å²) in [6.45, 7) is 5.31. The highest BCUT2D eigenvalue weighted by molar-refractivity contribution is 7.16. The number of hydrogen-bond donors (Lipinski definition) is 0. The normalized spacial score (nSPS) is 16.4. The monoisotopic (exact) mass is 332 g/mol. The van der Waals surface area contributed by atoms with Gasteiger partial charge in [-0.05, 0) is 12.1 Å². The Hall–Kier alpha value is -0.660. The van der Waals surface area contributed by atoms with Crippen LogP contribution in [0.15, 0.2) is 12.1 Å². The lowest BCUT2D eigenvalue weighted by atomic mass is 10.3. The van der Waals surface area contributed by atoms with Crippen LogP contribution in [0.4, 0.5) is 0 Å². The predicted molar refractivity (Wildman–Crippen MR) is 83.9 cm³/mol. The third kappa shape index (κ3) is 5.56. The van der Waals surface area contributed by atoms with Crippen LogP contribution in [-0.2, 0) is 20.8 Å². The van der Waals surface area contributed by atoms with Gasteiger partial charge in [0.2, 0.25) is 5.91 Å². The molecule has 0 saturated carbocycles. The molecule has 1 aromatic rings. The van der Waals surface area contributed by atoms with Gasteiger partial charge in [0.15, 0.2) is 0 Å². The molecule has 0 N–H and O–H groups in total. The first-order valence-corrected chi connectivity index (χ1v) is 8.19. The molecule has 21 heavy (non-hydrogen) atoms. The number of carbonyl (C=O) groups excluding carboxylic acids is 1. The topological polar surface area (TPSA) is 42.0 Å². The molecule has 1 aliphatic rings. The van der Waals surface area contributed by atoms with E-state index in [1.165, 1.54) is 4.88 Å². The Morgan fingerprint density at radius 1 is 1.29 bits per heavy atom. The third-order valence-corrected chi connectivity index (χ3v) is 4.61. The van der Waals surface area contributed by atoms with Gasteiger partial charge in [0, 0.05) is 44.7 Å². The molecule has 0 atom stereocenters. The van der Waals surface area contributed by atoms with Crippen LogP contribution in [0.5, 0.6) is 0 Å². The van der Waals surface area contributed by atoms with Crippen molar-refractivity contribution in [2.75, 3.05) is 53.1 Å². The lowest BCUT2D eigenvalue weighted by molar-refractivity contribution is -0.138. The van der Waals surface area contributed by atoms with E-state index in [0.29, 0.717) is 13.2 Å². The number of ether oxygens (including phenoxy) is 2. The number of piperazine rings is 1. The summed E-state index contributed by atoms with van der Waals surface area (Å²) < 4.78 is 11.0. The van der Waals surface area contributed by atoms with Crippen molar-refractivity contribution in [1.29, 1.82) is 0 Å². The van der Waals surface area contributed by atoms with Crippen molar-refractivity contribution >= 4 is 28.8 Å². The highest BCUT2D eigenvalue weighted by Gasteiger charge is 2.21. The zero-order chi connectivity index (χ0) is 15.1. The van der Waals surface area contributed by atoms with Crippen LogP contribution in [-0.4, -0.2) is 68.8 Å². The molecule has 1 aliphatic heterocycles. The number of methoxy groups -OCH3 is 1. The maximum absolute atomic E-state index is 12.0. The molecular formula is C14H21ClN2O3S. The minimum absolute atomic E-state index is 0.0601. The Balaban J connectivity index is 1.66. The van der Waals surface area contributed by atoms with E-state index in [1.807, 2.05) is 11.0 Å². The Kier molecular flexibility index (Phi) is 6.92. The van der Waals surface area contributed by atoms with Crippen LogP contribution < -0.4 is 0 Å². The molecule has 0 aromatic carbocycles. The second-order valence-electron chi connectivity index (χ2n) is 4.91. The van der Waals surface area contributed by atoms with Gasteiger partial charge in [-0.1, -0.05) is 11.6 Å². The van der Waals surface area contributed by atoms with Crippen LogP contribution in [0.25, 0.3) is 0 Å². The fourth-order valence-electron chi connectivity index (χ4n) is 2.21. The first kappa shape index (κ1) is 16.7. The second kappa shape index (κ2) is 8.70. The molecular weight excluding hydrogens is 312 g/mol. The predicted octanol–water partition coefficient (Wildman–Crippen LogP) is 1.71. The van der Waals surface area contributed by atoms with Crippen molar-refractivity contribution in [2.45, 2.75) is 6.54 Å². The molecule has 2 rings (SSSR count). The molecule has 0 bridgehead atoms. The molecule has 0 spiro atoms. The average Bonchev–Trinajstić information content (AvgIpc) is 2.89. The van der Waals surface area contributed by atoms with E-state index in [9.17, 15) is 4.79 Å². The van der Waals surface area contributed by atoms with Gasteiger partial charge >= 0.3 is 0 Å². The van der Waals surface area contributed by atoms with E-state index in [4.69, 9.17) is 21.1 Å². The number of carbonyl (C=O) groups is 1. The van der Waals surface area contributed by atoms with Gasteiger partial charge in [0.05, 0.1) is 17.6 Å². The number of amides is 1. The summed E-state index contributed by atoms with van der Waals surface area (Å²) in [5.74, 6) is 0.0601. The number of halogens is 1. The van der Waals surface area contributed by atoms with Crippen molar-refractivity contribution < 1.29 is 14.3 Å². The van der Waals surface area contributed by atoms with Crippen LogP contribution >= 0.6 is 22.9 Å². The van der Waals surface area contributed by atoms with Gasteiger partial charge in [0.25, 0.3) is 0 Å². The summed E-state index contributed by atoms with van der Waals surface area (Å²) in [7, 11) is 1.62. The summed E-state index contributed by atoms with van der Waals surface area (Å²) in [4.78, 5) is 17.4. The lowest BCUT2D eigenvalue weighted by Crippen LogP contribution is -2.49. The Bertz CT molecular complexity index is 447. The zero-order valence-electron chi connectivity index (χ0n) is 12.2. The molecule has 1 saturated heterocycles. The van der Waals surface area contributed by atoms with Crippen molar-refractivity contribution in [1.82, 2.24) is 9.80 Å². The molecule has 2 heterocycles. The number of hydrogen-bond acceptors (Lipinski definition) is 5. The molecule has 7 heteroatoms. The fourth-order valence-corrected chi connectivity index (χ4v) is 3.34. The summed E-state index contributed by atoms with van der Waals surface area (Å²) in [5.41, 5.74) is 0. The van der Waals surface area contributed by atoms with Crippen LogP contribution in [0.3, 0.4) is 0 Å². The average molecular weight is 333 g/mol. The zero-order valence-corrected chi connectivity index (χ0v) is 13.8. The van der Waals surface area contributed by atoms with E-state index in [2.05, 4.69) is 11.0 Å². The fraction of sp³-hybridized carbons (Fsp3) is 0.643. The van der Waals surface area contributed by atoms with Gasteiger partial charge in [0.1, 0.15) is 6.61 Å². The van der Waals surface area contributed by atoms with Crippen molar-refractivity contribution in [3.8, 4) is 0 Å². The first-order chi connectivity index (χ1) is 10.2. The maximum atomic E-state index is 12.0. The second-order valence-corrected chi connectivity index (χ2v) is 6.71. The maximum Gasteiger partial charge on any atom is 0.248 e. The van der Waals surface area contributed by atoms with Gasteiger partial charge in [-0.15, -0.1) is 11.3 Å². The van der Waals surface area contributed by atoms with Crippen molar-refractivity contribution in [3.63, 3.8) is 0 Å². The van der Waals surface area contributed by atoms with Gasteiger partial charge in [-0.25, -0.2) is 0 Å². The molecule has 118 valence electrons. The van der Waals surface area contributed by atoms with E-state index >= 15 is 0 Å². The van der Waals surface area contributed by atoms with Gasteiger partial charge in [-0.2, -0.15) is 0 Å². The SMILES string of the molecule is COCCOCC(=O)N1CCN(Cc2ccc(Cl)s2)CC1. The van der Waals surface area contributed by atoms with E-state index in [0.717, 1.165) is 37.1 Å². The van der Waals surface area contributed by atoms with E-state index in [-0.39, 0.29) is 12.5 Å². The summed E-state index contributed by atoms with van der Waals surface area (Å²) >= 11 is 7.55. The quantitative estimate of drug-likeness (QED) is 0.713. The lowest BCUT2D eigenvalue weighted by Gasteiger charge is -2.34. The highest BCUT2D eigenvalue weighted by atomic mass is 35.5. The number of nitrogens with zero attached hydrogens (tertiary/aromatic N) is 2. The number of thiophene rings is 1. The smallest absolute Gasteiger partial charge is 0.248 e.